The van der Waals surface area contributed by atoms with Crippen LogP contribution in [0.25, 0.3) is 10.8 Å². The van der Waals surface area contributed by atoms with E-state index < -0.39 is 0 Å². The standard InChI is InChI=1S/C21H28O4/c1-23-13-7-5-3-4-6-8-14-25-20-12-11-17-15-19(21(22)24-2)10-9-18(17)16-20/h9-12,15-16H,3-8,13-14H2,1-2H3. The number of methoxy groups -OCH3 is 2. The van der Waals surface area contributed by atoms with E-state index in [1.165, 1.54) is 32.8 Å². The Morgan fingerprint density at radius 3 is 2.16 bits per heavy atom. The number of carbonyl (C=O) groups excluding carboxylic acids is 1. The average molecular weight is 344 g/mol. The molecule has 0 aromatic heterocycles. The van der Waals surface area contributed by atoms with E-state index in [9.17, 15) is 4.79 Å². The molecule has 0 unspecified atom stereocenters. The van der Waals surface area contributed by atoms with Crippen molar-refractivity contribution in [2.45, 2.75) is 38.5 Å². The summed E-state index contributed by atoms with van der Waals surface area (Å²) in [6.45, 7) is 1.61. The third kappa shape index (κ3) is 6.39. The Balaban J connectivity index is 1.74. The summed E-state index contributed by atoms with van der Waals surface area (Å²) < 4.78 is 15.6. The van der Waals surface area contributed by atoms with Gasteiger partial charge in [0.15, 0.2) is 0 Å². The van der Waals surface area contributed by atoms with Crippen LogP contribution in [0.4, 0.5) is 0 Å². The Hall–Kier alpha value is -2.07. The van der Waals surface area contributed by atoms with Crippen molar-refractivity contribution >= 4 is 16.7 Å². The molecule has 2 rings (SSSR count). The minimum absolute atomic E-state index is 0.315. The quantitative estimate of drug-likeness (QED) is 0.425. The Morgan fingerprint density at radius 2 is 1.44 bits per heavy atom. The van der Waals surface area contributed by atoms with Gasteiger partial charge in [0.25, 0.3) is 0 Å². The molecule has 0 aliphatic rings. The van der Waals surface area contributed by atoms with Gasteiger partial charge in [-0.3, -0.25) is 0 Å². The van der Waals surface area contributed by atoms with Gasteiger partial charge in [-0.1, -0.05) is 37.8 Å². The fraction of sp³-hybridized carbons (Fsp3) is 0.476. The van der Waals surface area contributed by atoms with Gasteiger partial charge in [0, 0.05) is 13.7 Å². The molecule has 0 atom stereocenters. The molecule has 0 N–H and O–H groups in total. The summed E-state index contributed by atoms with van der Waals surface area (Å²) in [4.78, 5) is 11.6. The van der Waals surface area contributed by atoms with Crippen LogP contribution in [0.5, 0.6) is 5.75 Å². The van der Waals surface area contributed by atoms with Gasteiger partial charge in [-0.25, -0.2) is 4.79 Å². The van der Waals surface area contributed by atoms with E-state index >= 15 is 0 Å². The Bertz CT molecular complexity index is 666. The molecule has 0 heterocycles. The van der Waals surface area contributed by atoms with E-state index in [2.05, 4.69) is 0 Å². The zero-order valence-electron chi connectivity index (χ0n) is 15.3. The number of esters is 1. The first-order valence-electron chi connectivity index (χ1n) is 8.98. The summed E-state index contributed by atoms with van der Waals surface area (Å²) in [5.74, 6) is 0.558. The van der Waals surface area contributed by atoms with Gasteiger partial charge < -0.3 is 14.2 Å². The van der Waals surface area contributed by atoms with Crippen molar-refractivity contribution < 1.29 is 19.0 Å². The summed E-state index contributed by atoms with van der Waals surface area (Å²) in [6.07, 6.45) is 7.18. The van der Waals surface area contributed by atoms with Gasteiger partial charge >= 0.3 is 5.97 Å². The maximum absolute atomic E-state index is 11.6. The minimum Gasteiger partial charge on any atom is -0.494 e. The topological polar surface area (TPSA) is 44.8 Å². The zero-order valence-corrected chi connectivity index (χ0v) is 15.3. The molecule has 0 saturated carbocycles. The molecule has 0 amide bonds. The molecule has 0 fully saturated rings. The molecule has 0 radical (unpaired) electrons. The normalized spacial score (nSPS) is 10.8. The maximum Gasteiger partial charge on any atom is 0.337 e. The third-order valence-corrected chi connectivity index (χ3v) is 4.24. The van der Waals surface area contributed by atoms with Crippen molar-refractivity contribution in [1.82, 2.24) is 0 Å². The number of hydrogen-bond donors (Lipinski definition) is 0. The maximum atomic E-state index is 11.6. The number of benzene rings is 2. The number of hydrogen-bond acceptors (Lipinski definition) is 4. The first kappa shape index (κ1) is 19.3. The highest BCUT2D eigenvalue weighted by atomic mass is 16.5. The third-order valence-electron chi connectivity index (χ3n) is 4.24. The molecule has 4 heteroatoms. The lowest BCUT2D eigenvalue weighted by Crippen LogP contribution is -2.00. The van der Waals surface area contributed by atoms with Gasteiger partial charge in [-0.15, -0.1) is 0 Å². The van der Waals surface area contributed by atoms with E-state index in [4.69, 9.17) is 14.2 Å². The summed E-state index contributed by atoms with van der Waals surface area (Å²) in [5, 5.41) is 2.06. The van der Waals surface area contributed by atoms with Crippen LogP contribution in [0.15, 0.2) is 36.4 Å². The molecule has 4 nitrogen and oxygen atoms in total. The van der Waals surface area contributed by atoms with Crippen LogP contribution in [-0.2, 0) is 9.47 Å². The SMILES string of the molecule is COCCCCCCCCOc1ccc2cc(C(=O)OC)ccc2c1. The van der Waals surface area contributed by atoms with Crippen molar-refractivity contribution in [3.63, 3.8) is 0 Å². The van der Waals surface area contributed by atoms with E-state index in [0.717, 1.165) is 42.6 Å². The van der Waals surface area contributed by atoms with Crippen LogP contribution in [0.3, 0.4) is 0 Å². The van der Waals surface area contributed by atoms with Gasteiger partial charge in [-0.05, 0) is 47.9 Å². The Labute approximate surface area is 150 Å². The smallest absolute Gasteiger partial charge is 0.337 e. The monoisotopic (exact) mass is 344 g/mol. The Morgan fingerprint density at radius 1 is 0.800 bits per heavy atom. The molecular formula is C21H28O4. The van der Waals surface area contributed by atoms with Crippen molar-refractivity contribution in [2.24, 2.45) is 0 Å². The van der Waals surface area contributed by atoms with E-state index in [0.29, 0.717) is 5.56 Å². The second-order valence-corrected chi connectivity index (χ2v) is 6.18. The van der Waals surface area contributed by atoms with Crippen LogP contribution >= 0.6 is 0 Å². The van der Waals surface area contributed by atoms with Gasteiger partial charge in [0.1, 0.15) is 5.75 Å². The second-order valence-electron chi connectivity index (χ2n) is 6.18. The minimum atomic E-state index is -0.315. The van der Waals surface area contributed by atoms with Crippen molar-refractivity contribution in [1.29, 1.82) is 0 Å². The molecule has 25 heavy (non-hydrogen) atoms. The first-order chi connectivity index (χ1) is 12.2. The lowest BCUT2D eigenvalue weighted by atomic mass is 10.1. The molecule has 2 aromatic carbocycles. The predicted octanol–water partition coefficient (Wildman–Crippen LogP) is 4.99. The summed E-state index contributed by atoms with van der Waals surface area (Å²) in [5.41, 5.74) is 0.564. The second kappa shape index (κ2) is 10.7. The highest BCUT2D eigenvalue weighted by Gasteiger charge is 2.06. The van der Waals surface area contributed by atoms with Crippen molar-refractivity contribution in [2.75, 3.05) is 27.4 Å². The molecule has 2 aromatic rings. The van der Waals surface area contributed by atoms with Crippen LogP contribution in [0.1, 0.15) is 48.9 Å². The number of carbonyl (C=O) groups is 1. The highest BCUT2D eigenvalue weighted by molar-refractivity contribution is 5.95. The molecule has 136 valence electrons. The highest BCUT2D eigenvalue weighted by Crippen LogP contribution is 2.22. The van der Waals surface area contributed by atoms with E-state index in [1.54, 1.807) is 13.2 Å². The molecule has 0 bridgehead atoms. The molecule has 0 spiro atoms. The van der Waals surface area contributed by atoms with Crippen LogP contribution in [-0.4, -0.2) is 33.4 Å². The summed E-state index contributed by atoms with van der Waals surface area (Å²) in [6, 6.07) is 11.5. The largest absolute Gasteiger partial charge is 0.494 e. The molecule has 0 aliphatic carbocycles. The number of unbranched alkanes of at least 4 members (excludes halogenated alkanes) is 5. The predicted molar refractivity (Wildman–Crippen MR) is 100 cm³/mol. The number of ether oxygens (including phenoxy) is 3. The van der Waals surface area contributed by atoms with Crippen LogP contribution in [0, 0.1) is 0 Å². The summed E-state index contributed by atoms with van der Waals surface area (Å²) >= 11 is 0. The van der Waals surface area contributed by atoms with E-state index in [1.807, 2.05) is 30.3 Å². The van der Waals surface area contributed by atoms with Crippen LogP contribution in [0.2, 0.25) is 0 Å². The van der Waals surface area contributed by atoms with Crippen LogP contribution < -0.4 is 4.74 Å². The lowest BCUT2D eigenvalue weighted by Gasteiger charge is -2.08. The average Bonchev–Trinajstić information content (AvgIpc) is 2.65. The molecule has 0 saturated heterocycles. The first-order valence-corrected chi connectivity index (χ1v) is 8.98. The van der Waals surface area contributed by atoms with Gasteiger partial charge in [-0.2, -0.15) is 0 Å². The van der Waals surface area contributed by atoms with E-state index in [-0.39, 0.29) is 5.97 Å². The lowest BCUT2D eigenvalue weighted by molar-refractivity contribution is 0.0601. The Kier molecular flexibility index (Phi) is 8.26. The fourth-order valence-electron chi connectivity index (χ4n) is 2.80. The number of rotatable bonds is 11. The van der Waals surface area contributed by atoms with Gasteiger partial charge in [0.05, 0.1) is 19.3 Å². The molecule has 0 aliphatic heterocycles. The van der Waals surface area contributed by atoms with Gasteiger partial charge in [0.2, 0.25) is 0 Å². The molecular weight excluding hydrogens is 316 g/mol. The number of fused-ring (bicyclic) bond motifs is 1. The zero-order chi connectivity index (χ0) is 17.9. The van der Waals surface area contributed by atoms with Crippen molar-refractivity contribution in [3.05, 3.63) is 42.0 Å². The summed E-state index contributed by atoms with van der Waals surface area (Å²) in [7, 11) is 3.14. The fourth-order valence-corrected chi connectivity index (χ4v) is 2.80. The van der Waals surface area contributed by atoms with Crippen molar-refractivity contribution in [3.8, 4) is 5.75 Å².